The lowest BCUT2D eigenvalue weighted by Gasteiger charge is -2.08. The molecule has 1 saturated heterocycles. The first-order chi connectivity index (χ1) is 12.9. The van der Waals surface area contributed by atoms with E-state index in [4.69, 9.17) is 16.1 Å². The Morgan fingerprint density at radius 2 is 1.78 bits per heavy atom. The number of halogens is 4. The summed E-state index contributed by atoms with van der Waals surface area (Å²) in [7, 11) is 0. The molecule has 0 bridgehead atoms. The Balaban J connectivity index is 1.51. The molecule has 2 unspecified atom stereocenters. The number of aromatic nitrogens is 2. The predicted molar refractivity (Wildman–Crippen MR) is 92.6 cm³/mol. The minimum atomic E-state index is -4.43. The second-order valence-corrected chi connectivity index (χ2v) is 6.65. The van der Waals surface area contributed by atoms with Crippen LogP contribution in [-0.4, -0.2) is 10.1 Å². The summed E-state index contributed by atoms with van der Waals surface area (Å²) in [5, 5.41) is 4.48. The monoisotopic (exact) mass is 394 g/mol. The molecule has 9 heteroatoms. The van der Waals surface area contributed by atoms with Crippen LogP contribution in [0.25, 0.3) is 11.4 Å². The van der Waals surface area contributed by atoms with Crippen molar-refractivity contribution in [2.75, 3.05) is 0 Å². The third-order valence-corrected chi connectivity index (χ3v) is 4.62. The molecule has 5 nitrogen and oxygen atoms in total. The van der Waals surface area contributed by atoms with Crippen molar-refractivity contribution in [3.63, 3.8) is 0 Å². The summed E-state index contributed by atoms with van der Waals surface area (Å²) in [5.41, 5.74) is 6.77. The van der Waals surface area contributed by atoms with Gasteiger partial charge in [-0.3, -0.25) is 0 Å². The number of rotatable bonds is 3. The Labute approximate surface area is 157 Å². The van der Waals surface area contributed by atoms with E-state index in [-0.39, 0.29) is 23.5 Å². The van der Waals surface area contributed by atoms with Gasteiger partial charge in [-0.2, -0.15) is 18.2 Å². The van der Waals surface area contributed by atoms with E-state index < -0.39 is 11.7 Å². The van der Waals surface area contributed by atoms with E-state index in [0.29, 0.717) is 17.3 Å². The third-order valence-electron chi connectivity index (χ3n) is 4.36. The second kappa shape index (κ2) is 6.95. The van der Waals surface area contributed by atoms with Gasteiger partial charge in [-0.05, 0) is 36.2 Å². The largest absolute Gasteiger partial charge is 0.416 e. The molecule has 140 valence electrons. The molecule has 3 aromatic rings. The van der Waals surface area contributed by atoms with Gasteiger partial charge in [0, 0.05) is 16.6 Å². The van der Waals surface area contributed by atoms with Gasteiger partial charge in [0.2, 0.25) is 11.7 Å². The van der Waals surface area contributed by atoms with Gasteiger partial charge in [0.05, 0.1) is 5.56 Å². The lowest BCUT2D eigenvalue weighted by atomic mass is 10.0. The summed E-state index contributed by atoms with van der Waals surface area (Å²) in [6.45, 7) is 0. The van der Waals surface area contributed by atoms with E-state index in [1.807, 2.05) is 24.3 Å². The zero-order valence-electron chi connectivity index (χ0n) is 13.8. The highest BCUT2D eigenvalue weighted by atomic mass is 35.5. The fourth-order valence-electron chi connectivity index (χ4n) is 2.96. The van der Waals surface area contributed by atoms with Gasteiger partial charge in [0.15, 0.2) is 0 Å². The van der Waals surface area contributed by atoms with Crippen LogP contribution in [-0.2, 0) is 6.18 Å². The maximum Gasteiger partial charge on any atom is 0.416 e. The maximum absolute atomic E-state index is 12.9. The molecule has 0 amide bonds. The average molecular weight is 395 g/mol. The van der Waals surface area contributed by atoms with Crippen molar-refractivity contribution < 1.29 is 17.7 Å². The van der Waals surface area contributed by atoms with Gasteiger partial charge in [-0.25, -0.2) is 10.9 Å². The van der Waals surface area contributed by atoms with Crippen LogP contribution in [0.1, 0.15) is 35.5 Å². The highest BCUT2D eigenvalue weighted by molar-refractivity contribution is 6.30. The van der Waals surface area contributed by atoms with E-state index in [2.05, 4.69) is 21.0 Å². The fraction of sp³-hybridized carbons (Fsp3) is 0.222. The van der Waals surface area contributed by atoms with Crippen LogP contribution < -0.4 is 10.9 Å². The molecule has 2 heterocycles. The van der Waals surface area contributed by atoms with Gasteiger partial charge < -0.3 is 4.52 Å². The summed E-state index contributed by atoms with van der Waals surface area (Å²) >= 11 is 5.90. The Morgan fingerprint density at radius 3 is 2.52 bits per heavy atom. The molecule has 2 N–H and O–H groups in total. The smallest absolute Gasteiger partial charge is 0.337 e. The minimum absolute atomic E-state index is 0.0242. The number of hydrogen-bond acceptors (Lipinski definition) is 5. The van der Waals surface area contributed by atoms with Gasteiger partial charge in [0.25, 0.3) is 0 Å². The van der Waals surface area contributed by atoms with Crippen molar-refractivity contribution >= 4 is 11.6 Å². The molecule has 4 rings (SSSR count). The predicted octanol–water partition coefficient (Wildman–Crippen LogP) is 4.69. The maximum atomic E-state index is 12.9. The summed E-state index contributed by atoms with van der Waals surface area (Å²) in [4.78, 5) is 4.26. The summed E-state index contributed by atoms with van der Waals surface area (Å²) in [6.07, 6.45) is -3.78. The van der Waals surface area contributed by atoms with E-state index in [0.717, 1.165) is 17.7 Å². The van der Waals surface area contributed by atoms with Crippen molar-refractivity contribution in [3.8, 4) is 11.4 Å². The first kappa shape index (κ1) is 18.0. The van der Waals surface area contributed by atoms with Crippen LogP contribution >= 0.6 is 11.6 Å². The van der Waals surface area contributed by atoms with Crippen molar-refractivity contribution in [1.82, 2.24) is 21.0 Å². The van der Waals surface area contributed by atoms with Crippen LogP contribution in [0.3, 0.4) is 0 Å². The molecule has 1 aliphatic heterocycles. The quantitative estimate of drug-likeness (QED) is 0.674. The Hall–Kier alpha value is -2.42. The zero-order valence-corrected chi connectivity index (χ0v) is 14.6. The van der Waals surface area contributed by atoms with Crippen LogP contribution in [0, 0.1) is 0 Å². The molecule has 1 aliphatic rings. The fourth-order valence-corrected chi connectivity index (χ4v) is 3.09. The van der Waals surface area contributed by atoms with Crippen LogP contribution in [0.4, 0.5) is 13.2 Å². The Kier molecular flexibility index (Phi) is 4.63. The molecular weight excluding hydrogens is 381 g/mol. The van der Waals surface area contributed by atoms with E-state index in [1.54, 1.807) is 0 Å². The van der Waals surface area contributed by atoms with Gasteiger partial charge in [-0.15, -0.1) is 0 Å². The number of hydrogen-bond donors (Lipinski definition) is 2. The summed E-state index contributed by atoms with van der Waals surface area (Å²) < 4.78 is 43.9. The van der Waals surface area contributed by atoms with Crippen LogP contribution in [0.15, 0.2) is 53.1 Å². The molecule has 0 aliphatic carbocycles. The SMILES string of the molecule is FC(F)(F)c1cccc(-c2noc(C3CC(c4ccc(Cl)cc4)NN3)n2)c1. The summed E-state index contributed by atoms with van der Waals surface area (Å²) in [5.74, 6) is 0.430. The highest BCUT2D eigenvalue weighted by Gasteiger charge is 2.32. The molecule has 2 atom stereocenters. The van der Waals surface area contributed by atoms with Crippen molar-refractivity contribution in [3.05, 3.63) is 70.6 Å². The standard InChI is InChI=1S/C18H14ClF3N4O/c19-13-6-4-10(5-7-13)14-9-15(25-24-14)17-23-16(26-27-17)11-2-1-3-12(8-11)18(20,21)22/h1-8,14-15,24-25H,9H2. The lowest BCUT2D eigenvalue weighted by molar-refractivity contribution is -0.137. The van der Waals surface area contributed by atoms with Gasteiger partial charge in [0.1, 0.15) is 6.04 Å². The molecule has 1 fully saturated rings. The number of hydrazine groups is 1. The lowest BCUT2D eigenvalue weighted by Crippen LogP contribution is -2.26. The Morgan fingerprint density at radius 1 is 1.04 bits per heavy atom. The molecular formula is C18H14ClF3N4O. The third kappa shape index (κ3) is 3.83. The molecule has 1 aromatic heterocycles. The van der Waals surface area contributed by atoms with Crippen LogP contribution in [0.5, 0.6) is 0 Å². The number of nitrogens with one attached hydrogen (secondary N) is 2. The Bertz CT molecular complexity index is 942. The van der Waals surface area contributed by atoms with Gasteiger partial charge >= 0.3 is 6.18 Å². The van der Waals surface area contributed by atoms with E-state index >= 15 is 0 Å². The number of benzene rings is 2. The zero-order chi connectivity index (χ0) is 19.0. The molecule has 2 aromatic carbocycles. The molecule has 0 spiro atoms. The number of nitrogens with zero attached hydrogens (tertiary/aromatic N) is 2. The first-order valence-corrected chi connectivity index (χ1v) is 8.56. The second-order valence-electron chi connectivity index (χ2n) is 6.22. The van der Waals surface area contributed by atoms with E-state index in [1.165, 1.54) is 12.1 Å². The summed E-state index contributed by atoms with van der Waals surface area (Å²) in [6, 6.07) is 12.1. The van der Waals surface area contributed by atoms with Crippen molar-refractivity contribution in [2.24, 2.45) is 0 Å². The normalized spacial score (nSPS) is 20.1. The van der Waals surface area contributed by atoms with Crippen molar-refractivity contribution in [1.29, 1.82) is 0 Å². The topological polar surface area (TPSA) is 63.0 Å². The molecule has 0 radical (unpaired) electrons. The molecule has 27 heavy (non-hydrogen) atoms. The van der Waals surface area contributed by atoms with E-state index in [9.17, 15) is 13.2 Å². The van der Waals surface area contributed by atoms with Gasteiger partial charge in [-0.1, -0.05) is 41.0 Å². The highest BCUT2D eigenvalue weighted by Crippen LogP contribution is 2.33. The average Bonchev–Trinajstić information content (AvgIpc) is 3.31. The number of alkyl halides is 3. The molecule has 0 saturated carbocycles. The minimum Gasteiger partial charge on any atom is -0.337 e. The van der Waals surface area contributed by atoms with Crippen molar-refractivity contribution in [2.45, 2.75) is 24.7 Å². The van der Waals surface area contributed by atoms with Crippen LogP contribution in [0.2, 0.25) is 5.02 Å². The first-order valence-electron chi connectivity index (χ1n) is 8.18.